The van der Waals surface area contributed by atoms with Crippen LogP contribution < -0.4 is 0 Å². The molecule has 4 rings (SSSR count). The van der Waals surface area contributed by atoms with Crippen molar-refractivity contribution in [2.75, 3.05) is 26.2 Å². The number of furan rings is 1. The Hall–Kier alpha value is -3.51. The second-order valence-electron chi connectivity index (χ2n) is 8.56. The molecule has 0 radical (unpaired) electrons. The van der Waals surface area contributed by atoms with Crippen molar-refractivity contribution >= 4 is 5.91 Å². The quantitative estimate of drug-likeness (QED) is 0.589. The van der Waals surface area contributed by atoms with Crippen LogP contribution in [0.5, 0.6) is 0 Å². The third kappa shape index (κ3) is 4.14. The first-order valence-electron chi connectivity index (χ1n) is 10.8. The van der Waals surface area contributed by atoms with Gasteiger partial charge in [0.25, 0.3) is 5.91 Å². The van der Waals surface area contributed by atoms with Gasteiger partial charge in [0, 0.05) is 26.2 Å². The van der Waals surface area contributed by atoms with Gasteiger partial charge in [-0.3, -0.25) is 9.69 Å². The molecule has 1 amide bonds. The number of tetrazole rings is 1. The van der Waals surface area contributed by atoms with Gasteiger partial charge in [-0.25, -0.2) is 4.68 Å². The van der Waals surface area contributed by atoms with Crippen molar-refractivity contribution in [1.29, 1.82) is 5.26 Å². The normalized spacial score (nSPS) is 16.0. The van der Waals surface area contributed by atoms with E-state index in [1.807, 2.05) is 22.9 Å². The van der Waals surface area contributed by atoms with Crippen molar-refractivity contribution < 1.29 is 9.21 Å². The summed E-state index contributed by atoms with van der Waals surface area (Å²) >= 11 is 0. The van der Waals surface area contributed by atoms with Crippen molar-refractivity contribution in [3.05, 3.63) is 65.4 Å². The molecule has 1 fully saturated rings. The third-order valence-corrected chi connectivity index (χ3v) is 6.21. The maximum absolute atomic E-state index is 12.7. The molecular weight excluding hydrogens is 406 g/mol. The smallest absolute Gasteiger partial charge is 0.289 e. The topological polar surface area (TPSA) is 104 Å². The predicted octanol–water partition coefficient (Wildman–Crippen LogP) is 2.83. The standard InChI is InChI=1S/C23H27N7O2/c1-4-23(2,3)30-21(25-26-27-30)20(18-8-5-7-17(15-18)16-24)28-10-12-29(13-11-28)22(31)19-9-6-14-32-19/h5-9,14-15,20H,4,10-13H2,1-3H3/t20-/m1/s1. The van der Waals surface area contributed by atoms with Crippen molar-refractivity contribution in [3.8, 4) is 6.07 Å². The van der Waals surface area contributed by atoms with Crippen LogP contribution in [-0.4, -0.2) is 62.1 Å². The molecule has 9 heteroatoms. The van der Waals surface area contributed by atoms with Gasteiger partial charge in [-0.1, -0.05) is 19.1 Å². The number of carbonyl (C=O) groups is 1. The highest BCUT2D eigenvalue weighted by Gasteiger charge is 2.35. The van der Waals surface area contributed by atoms with E-state index in [0.29, 0.717) is 37.5 Å². The van der Waals surface area contributed by atoms with E-state index < -0.39 is 0 Å². The van der Waals surface area contributed by atoms with E-state index in [9.17, 15) is 10.1 Å². The van der Waals surface area contributed by atoms with E-state index in [4.69, 9.17) is 4.42 Å². The highest BCUT2D eigenvalue weighted by Crippen LogP contribution is 2.32. The van der Waals surface area contributed by atoms with Crippen LogP contribution in [-0.2, 0) is 5.54 Å². The molecule has 1 saturated heterocycles. The molecule has 0 saturated carbocycles. The molecule has 0 spiro atoms. The Morgan fingerprint density at radius 2 is 2.00 bits per heavy atom. The molecule has 0 unspecified atom stereocenters. The Morgan fingerprint density at radius 1 is 1.22 bits per heavy atom. The van der Waals surface area contributed by atoms with E-state index in [2.05, 4.69) is 47.3 Å². The van der Waals surface area contributed by atoms with Gasteiger partial charge in [-0.2, -0.15) is 5.26 Å². The lowest BCUT2D eigenvalue weighted by Crippen LogP contribution is -2.50. The largest absolute Gasteiger partial charge is 0.459 e. The Bertz CT molecular complexity index is 1110. The summed E-state index contributed by atoms with van der Waals surface area (Å²) in [5.41, 5.74) is 1.28. The summed E-state index contributed by atoms with van der Waals surface area (Å²) in [5, 5.41) is 22.1. The molecule has 3 aromatic rings. The van der Waals surface area contributed by atoms with E-state index in [0.717, 1.165) is 17.8 Å². The maximum Gasteiger partial charge on any atom is 0.289 e. The molecule has 2 aromatic heterocycles. The predicted molar refractivity (Wildman–Crippen MR) is 117 cm³/mol. The molecule has 1 aliphatic heterocycles. The lowest BCUT2D eigenvalue weighted by atomic mass is 9.98. The fraction of sp³-hybridized carbons (Fsp3) is 0.435. The molecule has 0 N–H and O–H groups in total. The number of piperazine rings is 1. The first-order chi connectivity index (χ1) is 15.4. The number of amides is 1. The molecule has 166 valence electrons. The summed E-state index contributed by atoms with van der Waals surface area (Å²) in [6.45, 7) is 8.74. The highest BCUT2D eigenvalue weighted by molar-refractivity contribution is 5.91. The van der Waals surface area contributed by atoms with Crippen LogP contribution in [0.25, 0.3) is 0 Å². The fourth-order valence-electron chi connectivity index (χ4n) is 3.99. The molecule has 0 aliphatic carbocycles. The van der Waals surface area contributed by atoms with Crippen LogP contribution in [0.4, 0.5) is 0 Å². The summed E-state index contributed by atoms with van der Waals surface area (Å²) in [7, 11) is 0. The monoisotopic (exact) mass is 433 g/mol. The minimum atomic E-state index is -0.263. The number of nitrogens with zero attached hydrogens (tertiary/aromatic N) is 7. The van der Waals surface area contributed by atoms with Crippen molar-refractivity contribution in [1.82, 2.24) is 30.0 Å². The minimum absolute atomic E-state index is 0.102. The van der Waals surface area contributed by atoms with Gasteiger partial charge in [0.1, 0.15) is 0 Å². The first kappa shape index (κ1) is 21.7. The van der Waals surface area contributed by atoms with Crippen LogP contribution in [0.1, 0.15) is 60.7 Å². The molecule has 32 heavy (non-hydrogen) atoms. The fourth-order valence-corrected chi connectivity index (χ4v) is 3.99. The van der Waals surface area contributed by atoms with E-state index in [1.54, 1.807) is 23.1 Å². The third-order valence-electron chi connectivity index (χ3n) is 6.21. The number of hydrogen-bond acceptors (Lipinski definition) is 7. The highest BCUT2D eigenvalue weighted by atomic mass is 16.3. The zero-order valence-electron chi connectivity index (χ0n) is 18.6. The zero-order chi connectivity index (χ0) is 22.7. The number of hydrogen-bond donors (Lipinski definition) is 0. The van der Waals surface area contributed by atoms with Crippen LogP contribution in [0.15, 0.2) is 47.1 Å². The van der Waals surface area contributed by atoms with Crippen LogP contribution in [0.3, 0.4) is 0 Å². The second kappa shape index (κ2) is 8.93. The zero-order valence-corrected chi connectivity index (χ0v) is 18.6. The molecule has 1 aromatic carbocycles. The SMILES string of the molecule is CCC(C)(C)n1nnnc1[C@@H](c1cccc(C#N)c1)N1CCN(C(=O)c2ccco2)CC1. The van der Waals surface area contributed by atoms with Crippen LogP contribution in [0.2, 0.25) is 0 Å². The summed E-state index contributed by atoms with van der Waals surface area (Å²) in [4.78, 5) is 16.8. The number of nitriles is 1. The van der Waals surface area contributed by atoms with Gasteiger partial charge in [-0.15, -0.1) is 5.10 Å². The molecule has 1 atom stereocenters. The van der Waals surface area contributed by atoms with Gasteiger partial charge in [0.05, 0.1) is 29.5 Å². The van der Waals surface area contributed by atoms with Gasteiger partial charge in [0.2, 0.25) is 0 Å². The molecule has 3 heterocycles. The average Bonchev–Trinajstić information content (AvgIpc) is 3.52. The Balaban J connectivity index is 1.65. The summed E-state index contributed by atoms with van der Waals surface area (Å²) in [6.07, 6.45) is 2.37. The van der Waals surface area contributed by atoms with Gasteiger partial charge in [0.15, 0.2) is 11.6 Å². The van der Waals surface area contributed by atoms with Gasteiger partial charge >= 0.3 is 0 Å². The maximum atomic E-state index is 12.7. The lowest BCUT2D eigenvalue weighted by molar-refractivity contribution is 0.0555. The van der Waals surface area contributed by atoms with E-state index >= 15 is 0 Å². The number of benzene rings is 1. The molecule has 0 bridgehead atoms. The Morgan fingerprint density at radius 3 is 2.66 bits per heavy atom. The number of aromatic nitrogens is 4. The van der Waals surface area contributed by atoms with Crippen molar-refractivity contribution in [2.24, 2.45) is 0 Å². The van der Waals surface area contributed by atoms with Crippen molar-refractivity contribution in [2.45, 2.75) is 38.8 Å². The summed E-state index contributed by atoms with van der Waals surface area (Å²) in [6, 6.07) is 13.0. The van der Waals surface area contributed by atoms with Gasteiger partial charge < -0.3 is 9.32 Å². The summed E-state index contributed by atoms with van der Waals surface area (Å²) < 4.78 is 7.16. The molecule has 9 nitrogen and oxygen atoms in total. The average molecular weight is 434 g/mol. The van der Waals surface area contributed by atoms with E-state index in [1.165, 1.54) is 6.26 Å². The van der Waals surface area contributed by atoms with Crippen LogP contribution >= 0.6 is 0 Å². The Labute approximate surface area is 187 Å². The van der Waals surface area contributed by atoms with Gasteiger partial charge in [-0.05, 0) is 60.5 Å². The first-order valence-corrected chi connectivity index (χ1v) is 10.8. The number of rotatable bonds is 6. The van der Waals surface area contributed by atoms with E-state index in [-0.39, 0.29) is 17.5 Å². The lowest BCUT2D eigenvalue weighted by Gasteiger charge is -2.39. The molecule has 1 aliphatic rings. The Kier molecular flexibility index (Phi) is 6.06. The second-order valence-corrected chi connectivity index (χ2v) is 8.56. The molecular formula is C23H27N7O2. The minimum Gasteiger partial charge on any atom is -0.459 e. The van der Waals surface area contributed by atoms with Crippen LogP contribution in [0, 0.1) is 11.3 Å². The van der Waals surface area contributed by atoms with Crippen molar-refractivity contribution in [3.63, 3.8) is 0 Å². The number of carbonyl (C=O) groups excluding carboxylic acids is 1. The summed E-state index contributed by atoms with van der Waals surface area (Å²) in [5.74, 6) is 0.984.